The summed E-state index contributed by atoms with van der Waals surface area (Å²) < 4.78 is 1.10. The number of carbonyl (C=O) groups excluding carboxylic acids is 1. The minimum absolute atomic E-state index is 0.240. The van der Waals surface area contributed by atoms with E-state index in [1.165, 1.54) is 5.56 Å². The second-order valence-corrected chi connectivity index (χ2v) is 8.57. The number of nitrogens with zero attached hydrogens (tertiary/aromatic N) is 1. The zero-order valence-corrected chi connectivity index (χ0v) is 18.4. The van der Waals surface area contributed by atoms with E-state index in [1.807, 2.05) is 37.3 Å². The lowest BCUT2D eigenvalue weighted by molar-refractivity contribution is 0.0956. The van der Waals surface area contributed by atoms with Crippen molar-refractivity contribution >= 4 is 28.6 Å². The normalized spacial score (nSPS) is 10.9. The number of H-pyrrole nitrogens is 1. The monoisotopic (exact) mass is 445 g/mol. The lowest BCUT2D eigenvalue weighted by atomic mass is 10.1. The van der Waals surface area contributed by atoms with Crippen molar-refractivity contribution in [1.29, 1.82) is 0 Å². The van der Waals surface area contributed by atoms with Crippen molar-refractivity contribution in [2.45, 2.75) is 12.7 Å². The zero-order chi connectivity index (χ0) is 22.5. The Hall–Kier alpha value is -3.58. The highest BCUT2D eigenvalue weighted by molar-refractivity contribution is 7.98. The standard InChI is InChI=1S/C25H23N3O3S/c1-17-7-10-20(11-8-17)28-24(30)21-12-9-19(15-22(21)27-25(28)31)23(29)26-13-14-32-16-18-5-3-2-4-6-18/h2-12,15H,13-14,16H2,1H3,(H,26,29)(H,27,31). The molecule has 1 aromatic heterocycles. The lowest BCUT2D eigenvalue weighted by Crippen LogP contribution is -2.33. The predicted molar refractivity (Wildman–Crippen MR) is 130 cm³/mol. The topological polar surface area (TPSA) is 84.0 Å². The maximum atomic E-state index is 12.9. The molecule has 0 saturated carbocycles. The van der Waals surface area contributed by atoms with Crippen LogP contribution in [0.5, 0.6) is 0 Å². The molecule has 6 nitrogen and oxygen atoms in total. The maximum absolute atomic E-state index is 12.9. The van der Waals surface area contributed by atoms with Crippen molar-refractivity contribution in [2.75, 3.05) is 12.3 Å². The average molecular weight is 446 g/mol. The summed E-state index contributed by atoms with van der Waals surface area (Å²) in [6.07, 6.45) is 0. The summed E-state index contributed by atoms with van der Waals surface area (Å²) in [5.74, 6) is 1.43. The van der Waals surface area contributed by atoms with Gasteiger partial charge in [-0.3, -0.25) is 9.59 Å². The van der Waals surface area contributed by atoms with Gasteiger partial charge in [0.1, 0.15) is 0 Å². The van der Waals surface area contributed by atoms with Crippen LogP contribution in [-0.4, -0.2) is 27.8 Å². The van der Waals surface area contributed by atoms with E-state index in [4.69, 9.17) is 0 Å². The van der Waals surface area contributed by atoms with Crippen LogP contribution in [-0.2, 0) is 5.75 Å². The minimum atomic E-state index is -0.541. The van der Waals surface area contributed by atoms with E-state index >= 15 is 0 Å². The van der Waals surface area contributed by atoms with Gasteiger partial charge in [-0.2, -0.15) is 11.8 Å². The molecule has 0 unspecified atom stereocenters. The number of aromatic amines is 1. The molecule has 0 aliphatic carbocycles. The molecule has 0 radical (unpaired) electrons. The molecule has 1 heterocycles. The number of amides is 1. The van der Waals surface area contributed by atoms with Crippen LogP contribution >= 0.6 is 11.8 Å². The SMILES string of the molecule is Cc1ccc(-n2c(=O)[nH]c3cc(C(=O)NCCSCc4ccccc4)ccc3c2=O)cc1. The van der Waals surface area contributed by atoms with Crippen molar-refractivity contribution in [2.24, 2.45) is 0 Å². The third-order valence-corrected chi connectivity index (χ3v) is 6.13. The Labute approximate surface area is 189 Å². The van der Waals surface area contributed by atoms with Crippen molar-refractivity contribution in [3.63, 3.8) is 0 Å². The first-order chi connectivity index (χ1) is 15.5. The summed E-state index contributed by atoms with van der Waals surface area (Å²) >= 11 is 1.74. The van der Waals surface area contributed by atoms with E-state index in [2.05, 4.69) is 22.4 Å². The van der Waals surface area contributed by atoms with Gasteiger partial charge < -0.3 is 10.3 Å². The largest absolute Gasteiger partial charge is 0.351 e. The molecule has 0 aliphatic rings. The third kappa shape index (κ3) is 4.84. The molecular weight excluding hydrogens is 422 g/mol. The Kier molecular flexibility index (Phi) is 6.56. The molecule has 0 spiro atoms. The minimum Gasteiger partial charge on any atom is -0.351 e. The molecule has 1 amide bonds. The van der Waals surface area contributed by atoms with Crippen LogP contribution < -0.4 is 16.6 Å². The first kappa shape index (κ1) is 21.6. The molecule has 4 rings (SSSR count). The van der Waals surface area contributed by atoms with Gasteiger partial charge in [0, 0.05) is 23.6 Å². The molecule has 0 fully saturated rings. The van der Waals surface area contributed by atoms with Gasteiger partial charge in [0.05, 0.1) is 16.6 Å². The molecule has 3 aromatic carbocycles. The highest BCUT2D eigenvalue weighted by atomic mass is 32.2. The Balaban J connectivity index is 1.45. The number of aromatic nitrogens is 2. The van der Waals surface area contributed by atoms with Gasteiger partial charge in [0.25, 0.3) is 11.5 Å². The number of rotatable bonds is 7. The molecule has 0 atom stereocenters. The molecule has 162 valence electrons. The van der Waals surface area contributed by atoms with E-state index in [-0.39, 0.29) is 5.91 Å². The summed E-state index contributed by atoms with van der Waals surface area (Å²) in [6.45, 7) is 2.46. The van der Waals surface area contributed by atoms with Gasteiger partial charge in [-0.05, 0) is 42.8 Å². The van der Waals surface area contributed by atoms with Crippen LogP contribution in [0.3, 0.4) is 0 Å². The Morgan fingerprint density at radius 2 is 1.75 bits per heavy atom. The quantitative estimate of drug-likeness (QED) is 0.425. The number of aryl methyl sites for hydroxylation is 1. The number of carbonyl (C=O) groups is 1. The van der Waals surface area contributed by atoms with E-state index in [0.29, 0.717) is 28.7 Å². The maximum Gasteiger partial charge on any atom is 0.333 e. The summed E-state index contributed by atoms with van der Waals surface area (Å²) in [5, 5.41) is 3.23. The molecule has 0 aliphatic heterocycles. The molecule has 7 heteroatoms. The van der Waals surface area contributed by atoms with Gasteiger partial charge in [-0.1, -0.05) is 48.0 Å². The van der Waals surface area contributed by atoms with E-state index < -0.39 is 11.2 Å². The second-order valence-electron chi connectivity index (χ2n) is 7.46. The number of thioether (sulfide) groups is 1. The van der Waals surface area contributed by atoms with Crippen LogP contribution in [0.1, 0.15) is 21.5 Å². The fraction of sp³-hybridized carbons (Fsp3) is 0.160. The van der Waals surface area contributed by atoms with Crippen LogP contribution in [0, 0.1) is 6.92 Å². The average Bonchev–Trinajstić information content (AvgIpc) is 2.80. The number of hydrogen-bond acceptors (Lipinski definition) is 4. The fourth-order valence-corrected chi connectivity index (χ4v) is 4.21. The van der Waals surface area contributed by atoms with Gasteiger partial charge in [-0.15, -0.1) is 0 Å². The summed E-state index contributed by atoms with van der Waals surface area (Å²) in [7, 11) is 0. The fourth-order valence-electron chi connectivity index (χ4n) is 3.39. The second kappa shape index (κ2) is 9.70. The van der Waals surface area contributed by atoms with Crippen molar-refractivity contribution in [3.8, 4) is 5.69 Å². The summed E-state index contributed by atoms with van der Waals surface area (Å²) in [4.78, 5) is 40.7. The van der Waals surface area contributed by atoms with Gasteiger partial charge in [0.15, 0.2) is 0 Å². The first-order valence-corrected chi connectivity index (χ1v) is 11.4. The Bertz CT molecular complexity index is 1360. The number of nitrogens with one attached hydrogen (secondary N) is 2. The first-order valence-electron chi connectivity index (χ1n) is 10.3. The Morgan fingerprint density at radius 3 is 2.50 bits per heavy atom. The zero-order valence-electron chi connectivity index (χ0n) is 17.6. The van der Waals surface area contributed by atoms with Gasteiger partial charge >= 0.3 is 5.69 Å². The summed E-state index contributed by atoms with van der Waals surface area (Å²) in [6, 6.07) is 22.0. The molecule has 4 aromatic rings. The van der Waals surface area contributed by atoms with Crippen molar-refractivity contribution < 1.29 is 4.79 Å². The molecular formula is C25H23N3O3S. The van der Waals surface area contributed by atoms with Crippen LogP contribution in [0.15, 0.2) is 82.4 Å². The number of hydrogen-bond donors (Lipinski definition) is 2. The molecule has 32 heavy (non-hydrogen) atoms. The third-order valence-electron chi connectivity index (χ3n) is 5.10. The van der Waals surface area contributed by atoms with E-state index in [1.54, 1.807) is 42.1 Å². The smallest absolute Gasteiger partial charge is 0.333 e. The van der Waals surface area contributed by atoms with Crippen LogP contribution in [0.25, 0.3) is 16.6 Å². The van der Waals surface area contributed by atoms with Crippen LogP contribution in [0.4, 0.5) is 0 Å². The summed E-state index contributed by atoms with van der Waals surface area (Å²) in [5.41, 5.74) is 2.56. The van der Waals surface area contributed by atoms with Gasteiger partial charge in [0.2, 0.25) is 0 Å². The van der Waals surface area contributed by atoms with Gasteiger partial charge in [-0.25, -0.2) is 9.36 Å². The molecule has 0 saturated heterocycles. The highest BCUT2D eigenvalue weighted by Gasteiger charge is 2.12. The van der Waals surface area contributed by atoms with Crippen LogP contribution in [0.2, 0.25) is 0 Å². The van der Waals surface area contributed by atoms with E-state index in [0.717, 1.165) is 21.6 Å². The molecule has 2 N–H and O–H groups in total. The Morgan fingerprint density at radius 1 is 1.00 bits per heavy atom. The van der Waals surface area contributed by atoms with Crippen molar-refractivity contribution in [3.05, 3.63) is 110 Å². The van der Waals surface area contributed by atoms with Crippen molar-refractivity contribution in [1.82, 2.24) is 14.9 Å². The highest BCUT2D eigenvalue weighted by Crippen LogP contribution is 2.13. The molecule has 0 bridgehead atoms. The number of fused-ring (bicyclic) bond motifs is 1. The predicted octanol–water partition coefficient (Wildman–Crippen LogP) is 3.65. The number of benzene rings is 3. The van der Waals surface area contributed by atoms with E-state index in [9.17, 15) is 14.4 Å². The lowest BCUT2D eigenvalue weighted by Gasteiger charge is -2.09.